The van der Waals surface area contributed by atoms with Crippen molar-refractivity contribution in [3.05, 3.63) is 30.5 Å². The number of carbonyl (C=O) groups is 2. The van der Waals surface area contributed by atoms with Crippen molar-refractivity contribution in [1.82, 2.24) is 15.6 Å². The first kappa shape index (κ1) is 25.7. The fourth-order valence-corrected chi connectivity index (χ4v) is 3.75. The number of ether oxygens (including phenoxy) is 1. The Labute approximate surface area is 194 Å². The number of amides is 2. The van der Waals surface area contributed by atoms with Crippen LogP contribution in [0.2, 0.25) is 0 Å². The molecule has 9 heteroatoms. The van der Waals surface area contributed by atoms with Gasteiger partial charge in [-0.15, -0.1) is 0 Å². The van der Waals surface area contributed by atoms with Crippen LogP contribution in [0, 0.1) is 0 Å². The molecule has 5 N–H and O–H groups in total. The molecule has 1 aromatic heterocycles. The zero-order valence-corrected chi connectivity index (χ0v) is 20.1. The lowest BCUT2D eigenvalue weighted by Gasteiger charge is -2.19. The van der Waals surface area contributed by atoms with Crippen molar-refractivity contribution in [3.63, 3.8) is 0 Å². The molecule has 0 saturated carbocycles. The third-order valence-electron chi connectivity index (χ3n) is 5.15. The summed E-state index contributed by atoms with van der Waals surface area (Å²) in [6.45, 7) is 4.29. The number of hydrogen-bond donors (Lipinski definition) is 4. The normalized spacial score (nSPS) is 13.8. The van der Waals surface area contributed by atoms with E-state index in [4.69, 9.17) is 10.5 Å². The monoisotopic (exact) mass is 461 g/mol. The Hall–Kier alpha value is -2.52. The Bertz CT molecular complexity index is 895. The van der Waals surface area contributed by atoms with Crippen LogP contribution in [0.4, 0.5) is 5.69 Å². The van der Waals surface area contributed by atoms with Gasteiger partial charge in [0, 0.05) is 30.2 Å². The van der Waals surface area contributed by atoms with Gasteiger partial charge in [0.05, 0.1) is 24.4 Å². The number of fused-ring (bicyclic) bond motifs is 1. The van der Waals surface area contributed by atoms with Crippen LogP contribution < -0.4 is 26.4 Å². The fraction of sp³-hybridized carbons (Fsp3) is 0.522. The van der Waals surface area contributed by atoms with Crippen LogP contribution in [0.25, 0.3) is 10.9 Å². The van der Waals surface area contributed by atoms with Crippen molar-refractivity contribution in [2.45, 2.75) is 51.2 Å². The van der Waals surface area contributed by atoms with E-state index in [-0.39, 0.29) is 17.9 Å². The van der Waals surface area contributed by atoms with Gasteiger partial charge in [-0.2, -0.15) is 11.8 Å². The largest absolute Gasteiger partial charge is 0.497 e. The van der Waals surface area contributed by atoms with E-state index in [0.29, 0.717) is 13.0 Å². The quantitative estimate of drug-likeness (QED) is 0.339. The molecule has 0 spiro atoms. The second-order valence-electron chi connectivity index (χ2n) is 7.85. The highest BCUT2D eigenvalue weighted by molar-refractivity contribution is 7.98. The molecule has 1 heterocycles. The summed E-state index contributed by atoms with van der Waals surface area (Å²) >= 11 is 1.64. The molecular formula is C23H35N5O3S. The number of aromatic nitrogens is 1. The molecule has 3 atom stereocenters. The van der Waals surface area contributed by atoms with Gasteiger partial charge in [0.1, 0.15) is 11.8 Å². The minimum absolute atomic E-state index is 0.177. The zero-order valence-electron chi connectivity index (χ0n) is 19.3. The van der Waals surface area contributed by atoms with Crippen LogP contribution in [-0.4, -0.2) is 60.6 Å². The second-order valence-corrected chi connectivity index (χ2v) is 8.83. The van der Waals surface area contributed by atoms with E-state index in [1.807, 2.05) is 30.5 Å². The van der Waals surface area contributed by atoms with Crippen molar-refractivity contribution < 1.29 is 14.3 Å². The summed E-state index contributed by atoms with van der Waals surface area (Å²) < 4.78 is 5.40. The number of pyridine rings is 1. The van der Waals surface area contributed by atoms with E-state index >= 15 is 0 Å². The second kappa shape index (κ2) is 13.1. The maximum absolute atomic E-state index is 12.3. The van der Waals surface area contributed by atoms with Gasteiger partial charge in [0.2, 0.25) is 11.8 Å². The van der Waals surface area contributed by atoms with Crippen molar-refractivity contribution in [3.8, 4) is 5.75 Å². The lowest BCUT2D eigenvalue weighted by atomic mass is 10.1. The van der Waals surface area contributed by atoms with Crippen LogP contribution in [0.5, 0.6) is 5.75 Å². The molecule has 0 aliphatic rings. The van der Waals surface area contributed by atoms with Crippen LogP contribution in [0.1, 0.15) is 33.1 Å². The molecule has 0 fully saturated rings. The molecule has 0 bridgehead atoms. The maximum atomic E-state index is 12.3. The molecule has 176 valence electrons. The first-order valence-corrected chi connectivity index (χ1v) is 12.3. The Morgan fingerprint density at radius 2 is 2.00 bits per heavy atom. The Kier molecular flexibility index (Phi) is 10.6. The van der Waals surface area contributed by atoms with Crippen molar-refractivity contribution in [2.24, 2.45) is 5.73 Å². The van der Waals surface area contributed by atoms with Crippen LogP contribution in [0.15, 0.2) is 30.5 Å². The van der Waals surface area contributed by atoms with E-state index < -0.39 is 12.1 Å². The highest BCUT2D eigenvalue weighted by Gasteiger charge is 2.19. The topological polar surface area (TPSA) is 118 Å². The summed E-state index contributed by atoms with van der Waals surface area (Å²) in [6, 6.07) is 6.78. The number of methoxy groups -OCH3 is 1. The number of anilines is 1. The summed E-state index contributed by atoms with van der Waals surface area (Å²) in [5, 5.41) is 10.1. The van der Waals surface area contributed by atoms with Crippen molar-refractivity contribution in [1.29, 1.82) is 0 Å². The maximum Gasteiger partial charge on any atom is 0.242 e. The molecule has 2 aromatic rings. The van der Waals surface area contributed by atoms with Gasteiger partial charge in [0.25, 0.3) is 0 Å². The number of thioether (sulfide) groups is 1. The minimum Gasteiger partial charge on any atom is -0.497 e. The van der Waals surface area contributed by atoms with Crippen LogP contribution >= 0.6 is 11.8 Å². The molecule has 1 aromatic carbocycles. The van der Waals surface area contributed by atoms with Gasteiger partial charge in [-0.25, -0.2) is 0 Å². The number of nitrogens with zero attached hydrogens (tertiary/aromatic N) is 1. The highest BCUT2D eigenvalue weighted by atomic mass is 32.2. The molecule has 0 aliphatic carbocycles. The molecular weight excluding hydrogens is 426 g/mol. The molecule has 0 radical (unpaired) electrons. The number of carbonyl (C=O) groups excluding carboxylic acids is 2. The van der Waals surface area contributed by atoms with Gasteiger partial charge < -0.3 is 26.4 Å². The lowest BCUT2D eigenvalue weighted by molar-refractivity contribution is -0.129. The zero-order chi connectivity index (χ0) is 23.5. The van der Waals surface area contributed by atoms with E-state index in [0.717, 1.165) is 40.9 Å². The van der Waals surface area contributed by atoms with Gasteiger partial charge in [-0.3, -0.25) is 14.6 Å². The fourth-order valence-electron chi connectivity index (χ4n) is 3.27. The standard InChI is InChI=1S/C23H35N5O3S/c1-15(27-20-14-18(31-3)13-17-8-6-10-25-21(17)20)7-5-11-26-22(29)16(2)28-23(30)19(24)9-12-32-4/h6,8,10,13-16,19,27H,5,7,9,11-12,24H2,1-4H3,(H,26,29)(H,28,30)/t15?,16-,19-/m0/s1. The predicted octanol–water partition coefficient (Wildman–Crippen LogP) is 2.53. The predicted molar refractivity (Wildman–Crippen MR) is 132 cm³/mol. The molecule has 0 aliphatic heterocycles. The lowest BCUT2D eigenvalue weighted by Crippen LogP contribution is -2.50. The van der Waals surface area contributed by atoms with Crippen LogP contribution in [-0.2, 0) is 9.59 Å². The SMILES string of the molecule is COc1cc(NC(C)CCCNC(=O)[C@H](C)NC(=O)[C@@H](N)CCSC)c2ncccc2c1. The molecule has 1 unspecified atom stereocenters. The summed E-state index contributed by atoms with van der Waals surface area (Å²) in [6.07, 6.45) is 5.97. The van der Waals surface area contributed by atoms with E-state index in [9.17, 15) is 9.59 Å². The number of hydrogen-bond acceptors (Lipinski definition) is 7. The van der Waals surface area contributed by atoms with Crippen molar-refractivity contribution in [2.75, 3.05) is 31.0 Å². The summed E-state index contributed by atoms with van der Waals surface area (Å²) in [7, 11) is 1.65. The Balaban J connectivity index is 1.76. The number of nitrogens with two attached hydrogens (primary N) is 1. The van der Waals surface area contributed by atoms with E-state index in [1.54, 1.807) is 32.0 Å². The third-order valence-corrected chi connectivity index (χ3v) is 5.79. The van der Waals surface area contributed by atoms with Gasteiger partial charge in [0.15, 0.2) is 0 Å². The van der Waals surface area contributed by atoms with Crippen LogP contribution in [0.3, 0.4) is 0 Å². The average molecular weight is 462 g/mol. The minimum atomic E-state index is -0.618. The highest BCUT2D eigenvalue weighted by Crippen LogP contribution is 2.28. The average Bonchev–Trinajstić information content (AvgIpc) is 2.79. The smallest absolute Gasteiger partial charge is 0.242 e. The molecule has 0 saturated heterocycles. The molecule has 2 amide bonds. The van der Waals surface area contributed by atoms with Crippen molar-refractivity contribution >= 4 is 40.2 Å². The third kappa shape index (κ3) is 7.87. The summed E-state index contributed by atoms with van der Waals surface area (Å²) in [4.78, 5) is 28.8. The van der Waals surface area contributed by atoms with E-state index in [1.165, 1.54) is 0 Å². The van der Waals surface area contributed by atoms with Gasteiger partial charge >= 0.3 is 0 Å². The summed E-state index contributed by atoms with van der Waals surface area (Å²) in [5.74, 6) is 1.08. The number of nitrogens with one attached hydrogen (secondary N) is 3. The summed E-state index contributed by atoms with van der Waals surface area (Å²) in [5.41, 5.74) is 7.67. The Morgan fingerprint density at radius 1 is 1.22 bits per heavy atom. The van der Waals surface area contributed by atoms with Gasteiger partial charge in [-0.1, -0.05) is 6.07 Å². The first-order valence-electron chi connectivity index (χ1n) is 10.9. The number of rotatable bonds is 13. The number of benzene rings is 1. The molecule has 2 rings (SSSR count). The molecule has 32 heavy (non-hydrogen) atoms. The van der Waals surface area contributed by atoms with E-state index in [2.05, 4.69) is 27.9 Å². The molecule has 8 nitrogen and oxygen atoms in total. The first-order chi connectivity index (χ1) is 15.3. The van der Waals surface area contributed by atoms with Gasteiger partial charge in [-0.05, 0) is 57.3 Å². The Morgan fingerprint density at radius 3 is 2.72 bits per heavy atom.